The van der Waals surface area contributed by atoms with Crippen molar-refractivity contribution in [3.8, 4) is 12.3 Å². The molecule has 2 N–H and O–H groups in total. The third kappa shape index (κ3) is 3.88. The number of rotatable bonds is 8. The van der Waals surface area contributed by atoms with Gasteiger partial charge in [-0.3, -0.25) is 9.80 Å². The number of terminal acetylenes is 1. The molecule has 134 valence electrons. The standard InChI is InChI=1S/C18H19N5O3/c1-2-3-9-18(21-22-18)10-11-19-16(24)15-12-14(17(25)26)20-23(15)13-7-5-4-6-8-13/h1,4-8,15H,3,9-12H2,(H,19,24)(H,25,26). The third-order valence-corrected chi connectivity index (χ3v) is 4.36. The molecule has 1 aromatic carbocycles. The molecule has 1 unspecified atom stereocenters. The molecule has 1 atom stereocenters. The van der Waals surface area contributed by atoms with Crippen LogP contribution in [-0.4, -0.2) is 40.9 Å². The molecule has 8 nitrogen and oxygen atoms in total. The van der Waals surface area contributed by atoms with E-state index in [2.05, 4.69) is 26.6 Å². The summed E-state index contributed by atoms with van der Waals surface area (Å²) in [6, 6.07) is 8.33. The second-order valence-corrected chi connectivity index (χ2v) is 6.18. The number of hydrogen-bond donors (Lipinski definition) is 2. The average molecular weight is 353 g/mol. The summed E-state index contributed by atoms with van der Waals surface area (Å²) in [5.41, 5.74) is 0.172. The zero-order valence-electron chi connectivity index (χ0n) is 14.1. The quantitative estimate of drug-likeness (QED) is 0.695. The first kappa shape index (κ1) is 17.6. The minimum absolute atomic E-state index is 0.0355. The Morgan fingerprint density at radius 2 is 2.04 bits per heavy atom. The van der Waals surface area contributed by atoms with Crippen molar-refractivity contribution in [3.05, 3.63) is 30.3 Å². The highest BCUT2D eigenvalue weighted by Crippen LogP contribution is 2.36. The van der Waals surface area contributed by atoms with E-state index >= 15 is 0 Å². The number of para-hydroxylation sites is 1. The number of benzene rings is 1. The van der Waals surface area contributed by atoms with Crippen LogP contribution < -0.4 is 10.3 Å². The van der Waals surface area contributed by atoms with Crippen molar-refractivity contribution in [2.24, 2.45) is 15.3 Å². The van der Waals surface area contributed by atoms with Gasteiger partial charge in [0.2, 0.25) is 5.91 Å². The predicted octanol–water partition coefficient (Wildman–Crippen LogP) is 1.79. The third-order valence-electron chi connectivity index (χ3n) is 4.36. The second-order valence-electron chi connectivity index (χ2n) is 6.18. The molecule has 8 heteroatoms. The fourth-order valence-corrected chi connectivity index (χ4v) is 2.83. The number of anilines is 1. The Morgan fingerprint density at radius 3 is 2.65 bits per heavy atom. The molecule has 0 aliphatic carbocycles. The smallest absolute Gasteiger partial charge is 0.352 e. The van der Waals surface area contributed by atoms with Crippen LogP contribution in [0.5, 0.6) is 0 Å². The van der Waals surface area contributed by atoms with E-state index in [-0.39, 0.29) is 18.0 Å². The van der Waals surface area contributed by atoms with E-state index in [1.807, 2.05) is 18.2 Å². The molecule has 3 rings (SSSR count). The Hall–Kier alpha value is -3.21. The van der Waals surface area contributed by atoms with Crippen LogP contribution in [0.4, 0.5) is 5.69 Å². The van der Waals surface area contributed by atoms with Gasteiger partial charge in [0.1, 0.15) is 11.8 Å². The number of hydrogen-bond acceptors (Lipinski definition) is 6. The van der Waals surface area contributed by atoms with Gasteiger partial charge in [-0.2, -0.15) is 15.3 Å². The molecule has 1 amide bonds. The molecule has 0 saturated carbocycles. The number of hydrazone groups is 1. The van der Waals surface area contributed by atoms with Crippen molar-refractivity contribution in [1.29, 1.82) is 0 Å². The molecule has 1 aromatic rings. The van der Waals surface area contributed by atoms with E-state index in [9.17, 15) is 14.7 Å². The first-order valence-corrected chi connectivity index (χ1v) is 8.35. The monoisotopic (exact) mass is 353 g/mol. The van der Waals surface area contributed by atoms with Gasteiger partial charge in [0.15, 0.2) is 5.66 Å². The molecular weight excluding hydrogens is 334 g/mol. The largest absolute Gasteiger partial charge is 0.477 e. The Kier molecular flexibility index (Phi) is 4.98. The SMILES string of the molecule is C#CCCC1(CCNC(=O)C2CC(C(=O)O)=NN2c2ccccc2)N=N1. The minimum atomic E-state index is -1.12. The lowest BCUT2D eigenvalue weighted by Gasteiger charge is -2.23. The van der Waals surface area contributed by atoms with E-state index in [1.165, 1.54) is 5.01 Å². The van der Waals surface area contributed by atoms with Crippen molar-refractivity contribution < 1.29 is 14.7 Å². The normalized spacial score (nSPS) is 19.6. The number of carboxylic acid groups (broad SMARTS) is 1. The molecule has 26 heavy (non-hydrogen) atoms. The highest BCUT2D eigenvalue weighted by Gasteiger charge is 2.40. The predicted molar refractivity (Wildman–Crippen MR) is 95.7 cm³/mol. The van der Waals surface area contributed by atoms with Gasteiger partial charge in [0.05, 0.1) is 5.69 Å². The Bertz CT molecular complexity index is 791. The van der Waals surface area contributed by atoms with E-state index in [0.717, 1.165) is 0 Å². The Morgan fingerprint density at radius 1 is 1.31 bits per heavy atom. The van der Waals surface area contributed by atoms with Crippen molar-refractivity contribution in [2.45, 2.75) is 37.4 Å². The number of carboxylic acids is 1. The fourth-order valence-electron chi connectivity index (χ4n) is 2.83. The zero-order valence-corrected chi connectivity index (χ0v) is 14.1. The van der Waals surface area contributed by atoms with E-state index in [1.54, 1.807) is 12.1 Å². The Labute approximate surface area is 151 Å². The molecule has 0 saturated heterocycles. The van der Waals surface area contributed by atoms with Crippen LogP contribution in [0.15, 0.2) is 45.7 Å². The van der Waals surface area contributed by atoms with Gasteiger partial charge in [0, 0.05) is 32.2 Å². The van der Waals surface area contributed by atoms with Crippen LogP contribution >= 0.6 is 0 Å². The summed E-state index contributed by atoms with van der Waals surface area (Å²) in [6.45, 7) is 0.387. The summed E-state index contributed by atoms with van der Waals surface area (Å²) >= 11 is 0. The molecule has 2 heterocycles. The number of amides is 1. The van der Waals surface area contributed by atoms with Crippen LogP contribution in [0, 0.1) is 12.3 Å². The molecule has 0 radical (unpaired) electrons. The van der Waals surface area contributed by atoms with Gasteiger partial charge < -0.3 is 10.4 Å². The lowest BCUT2D eigenvalue weighted by atomic mass is 10.0. The van der Waals surface area contributed by atoms with Crippen molar-refractivity contribution >= 4 is 23.3 Å². The molecule has 0 spiro atoms. The maximum Gasteiger partial charge on any atom is 0.352 e. The highest BCUT2D eigenvalue weighted by atomic mass is 16.4. The zero-order chi connectivity index (χ0) is 18.6. The van der Waals surface area contributed by atoms with E-state index < -0.39 is 17.7 Å². The maximum atomic E-state index is 12.6. The highest BCUT2D eigenvalue weighted by molar-refractivity contribution is 6.37. The number of carbonyl (C=O) groups is 2. The van der Waals surface area contributed by atoms with Crippen LogP contribution in [0.1, 0.15) is 25.7 Å². The number of nitrogens with one attached hydrogen (secondary N) is 1. The maximum absolute atomic E-state index is 12.6. The number of nitrogens with zero attached hydrogens (tertiary/aromatic N) is 4. The van der Waals surface area contributed by atoms with Crippen LogP contribution in [0.25, 0.3) is 0 Å². The fraction of sp³-hybridized carbons (Fsp3) is 0.389. The summed E-state index contributed by atoms with van der Waals surface area (Å²) in [4.78, 5) is 23.9. The van der Waals surface area contributed by atoms with Crippen LogP contribution in [0.3, 0.4) is 0 Å². The van der Waals surface area contributed by atoms with Gasteiger partial charge >= 0.3 is 5.97 Å². The molecule has 2 aliphatic rings. The molecule has 2 aliphatic heterocycles. The Balaban J connectivity index is 1.61. The van der Waals surface area contributed by atoms with E-state index in [0.29, 0.717) is 31.5 Å². The summed E-state index contributed by atoms with van der Waals surface area (Å²) in [5.74, 6) is 1.17. The summed E-state index contributed by atoms with van der Waals surface area (Å²) in [6.07, 6.45) is 7.14. The van der Waals surface area contributed by atoms with Crippen molar-refractivity contribution in [1.82, 2.24) is 5.32 Å². The van der Waals surface area contributed by atoms with Gasteiger partial charge in [-0.1, -0.05) is 18.2 Å². The van der Waals surface area contributed by atoms with Gasteiger partial charge in [0.25, 0.3) is 0 Å². The number of aliphatic carboxylic acids is 1. The van der Waals surface area contributed by atoms with Crippen molar-refractivity contribution in [2.75, 3.05) is 11.6 Å². The first-order chi connectivity index (χ1) is 12.5. The molecule has 0 fully saturated rings. The van der Waals surface area contributed by atoms with Gasteiger partial charge in [-0.15, -0.1) is 12.3 Å². The van der Waals surface area contributed by atoms with Gasteiger partial charge in [-0.05, 0) is 12.1 Å². The molecule has 0 bridgehead atoms. The van der Waals surface area contributed by atoms with E-state index in [4.69, 9.17) is 6.42 Å². The first-order valence-electron chi connectivity index (χ1n) is 8.35. The summed E-state index contributed by atoms with van der Waals surface area (Å²) in [7, 11) is 0. The molecular formula is C18H19N5O3. The minimum Gasteiger partial charge on any atom is -0.477 e. The van der Waals surface area contributed by atoms with Crippen LogP contribution in [-0.2, 0) is 9.59 Å². The number of carbonyl (C=O) groups excluding carboxylic acids is 1. The lowest BCUT2D eigenvalue weighted by Crippen LogP contribution is -2.43. The van der Waals surface area contributed by atoms with Gasteiger partial charge in [-0.25, -0.2) is 4.79 Å². The topological polar surface area (TPSA) is 107 Å². The summed E-state index contributed by atoms with van der Waals surface area (Å²) in [5, 5.41) is 25.7. The van der Waals surface area contributed by atoms with Crippen molar-refractivity contribution in [3.63, 3.8) is 0 Å². The lowest BCUT2D eigenvalue weighted by molar-refractivity contribution is -0.129. The second kappa shape index (κ2) is 7.35. The summed E-state index contributed by atoms with van der Waals surface area (Å²) < 4.78 is 0. The molecule has 0 aromatic heterocycles. The average Bonchev–Trinajstić information content (AvgIpc) is 3.26. The van der Waals surface area contributed by atoms with Crippen LogP contribution in [0.2, 0.25) is 0 Å².